The average molecular weight is 214 g/mol. The molecule has 0 N–H and O–H groups in total. The smallest absolute Gasteiger partial charge is 0.411 e. The summed E-state index contributed by atoms with van der Waals surface area (Å²) in [5.41, 5.74) is 0. The maximum Gasteiger partial charge on any atom is 0.411 e. The normalized spacial score (nSPS) is 13.8. The van der Waals surface area contributed by atoms with Crippen LogP contribution in [0.2, 0.25) is 0 Å². The maximum absolute atomic E-state index is 11.6. The monoisotopic (exact) mass is 214 g/mol. The molecule has 14 heavy (non-hydrogen) atoms. The first-order valence-corrected chi connectivity index (χ1v) is 4.19. The first-order valence-electron chi connectivity index (χ1n) is 4.19. The highest BCUT2D eigenvalue weighted by atomic mass is 19.4. The third-order valence-corrected chi connectivity index (χ3v) is 1.30. The molecule has 0 saturated carbocycles. The zero-order chi connectivity index (χ0) is 11.2. The second kappa shape index (κ2) is 5.85. The van der Waals surface area contributed by atoms with Crippen molar-refractivity contribution in [3.8, 4) is 0 Å². The Morgan fingerprint density at radius 1 is 1.43 bits per heavy atom. The summed E-state index contributed by atoms with van der Waals surface area (Å²) in [5.74, 6) is -0.451. The number of alkyl halides is 3. The van der Waals surface area contributed by atoms with Crippen LogP contribution in [0.3, 0.4) is 0 Å². The van der Waals surface area contributed by atoms with Gasteiger partial charge in [0, 0.05) is 6.42 Å². The van der Waals surface area contributed by atoms with Gasteiger partial charge in [-0.3, -0.25) is 4.79 Å². The summed E-state index contributed by atoms with van der Waals surface area (Å²) in [5, 5.41) is 0. The molecule has 0 aliphatic carbocycles. The maximum atomic E-state index is 11.6. The lowest BCUT2D eigenvalue weighted by Gasteiger charge is -2.14. The summed E-state index contributed by atoms with van der Waals surface area (Å²) in [7, 11) is 0. The van der Waals surface area contributed by atoms with Crippen LogP contribution < -0.4 is 0 Å². The summed E-state index contributed by atoms with van der Waals surface area (Å²) >= 11 is 0. The number of carbonyl (C=O) groups excluding carboxylic acids is 1. The zero-order valence-corrected chi connectivity index (χ0v) is 8.06. The summed E-state index contributed by atoms with van der Waals surface area (Å²) in [6.45, 7) is 1.54. The lowest BCUT2D eigenvalue weighted by atomic mass is 10.4. The molecule has 84 valence electrons. The van der Waals surface area contributed by atoms with Crippen LogP contribution in [0.5, 0.6) is 0 Å². The van der Waals surface area contributed by atoms with Crippen molar-refractivity contribution in [3.05, 3.63) is 0 Å². The Hall–Kier alpha value is -0.780. The molecule has 1 atom stereocenters. The number of halogens is 3. The van der Waals surface area contributed by atoms with Crippen molar-refractivity contribution >= 4 is 5.97 Å². The first kappa shape index (κ1) is 13.2. The Morgan fingerprint density at radius 3 is 2.43 bits per heavy atom. The van der Waals surface area contributed by atoms with Crippen LogP contribution >= 0.6 is 0 Å². The Bertz CT molecular complexity index is 179. The lowest BCUT2D eigenvalue weighted by Crippen LogP contribution is -2.25. The van der Waals surface area contributed by atoms with E-state index in [-0.39, 0.29) is 13.0 Å². The molecule has 0 bridgehead atoms. The first-order chi connectivity index (χ1) is 6.35. The van der Waals surface area contributed by atoms with E-state index in [0.717, 1.165) is 0 Å². The van der Waals surface area contributed by atoms with Crippen molar-refractivity contribution in [2.24, 2.45) is 0 Å². The molecule has 0 fully saturated rings. The Labute approximate surface area is 80.2 Å². The molecule has 0 amide bonds. The van der Waals surface area contributed by atoms with E-state index in [1.807, 2.05) is 0 Å². The van der Waals surface area contributed by atoms with Gasteiger partial charge in [0.05, 0.1) is 6.10 Å². The van der Waals surface area contributed by atoms with Gasteiger partial charge in [0.2, 0.25) is 0 Å². The minimum atomic E-state index is -4.34. The van der Waals surface area contributed by atoms with Crippen LogP contribution in [0, 0.1) is 0 Å². The quantitative estimate of drug-likeness (QED) is 0.656. The van der Waals surface area contributed by atoms with Crippen LogP contribution in [-0.2, 0) is 14.3 Å². The van der Waals surface area contributed by atoms with Gasteiger partial charge >= 0.3 is 12.1 Å². The van der Waals surface area contributed by atoms with Gasteiger partial charge in [-0.15, -0.1) is 0 Å². The van der Waals surface area contributed by atoms with Crippen LogP contribution in [0.1, 0.15) is 20.3 Å². The van der Waals surface area contributed by atoms with Crippen LogP contribution in [-0.4, -0.2) is 31.5 Å². The average Bonchev–Trinajstić information content (AvgIpc) is 2.09. The van der Waals surface area contributed by atoms with E-state index in [0.29, 0.717) is 0 Å². The molecule has 3 nitrogen and oxygen atoms in total. The van der Waals surface area contributed by atoms with Crippen molar-refractivity contribution in [2.75, 3.05) is 13.2 Å². The third-order valence-electron chi connectivity index (χ3n) is 1.30. The van der Waals surface area contributed by atoms with Crippen molar-refractivity contribution in [2.45, 2.75) is 32.5 Å². The van der Waals surface area contributed by atoms with Crippen molar-refractivity contribution in [1.82, 2.24) is 0 Å². The number of esters is 1. The molecular weight excluding hydrogens is 201 g/mol. The van der Waals surface area contributed by atoms with Gasteiger partial charge in [-0.05, 0) is 6.92 Å². The minimum Gasteiger partial charge on any atom is -0.463 e. The molecule has 0 aliphatic rings. The lowest BCUT2D eigenvalue weighted by molar-refractivity contribution is -0.189. The summed E-state index contributed by atoms with van der Waals surface area (Å²) < 4.78 is 43.9. The van der Waals surface area contributed by atoms with Gasteiger partial charge < -0.3 is 9.47 Å². The Morgan fingerprint density at radius 2 is 2.00 bits per heavy atom. The van der Waals surface area contributed by atoms with E-state index < -0.39 is 24.9 Å². The number of hydrogen-bond donors (Lipinski definition) is 0. The molecule has 0 saturated heterocycles. The predicted octanol–water partition coefficient (Wildman–Crippen LogP) is 1.91. The topological polar surface area (TPSA) is 35.5 Å². The second-order valence-corrected chi connectivity index (χ2v) is 2.77. The fraction of sp³-hybridized carbons (Fsp3) is 0.875. The number of carbonyl (C=O) groups is 1. The molecule has 0 rings (SSSR count). The SMILES string of the molecule is CCC(=O)OCC(C)OCC(F)(F)F. The van der Waals surface area contributed by atoms with Crippen molar-refractivity contribution < 1.29 is 27.4 Å². The predicted molar refractivity (Wildman–Crippen MR) is 42.7 cm³/mol. The Balaban J connectivity index is 3.56. The molecule has 0 spiro atoms. The highest BCUT2D eigenvalue weighted by Crippen LogP contribution is 2.15. The molecule has 0 aromatic heterocycles. The van der Waals surface area contributed by atoms with Gasteiger partial charge in [-0.25, -0.2) is 0 Å². The fourth-order valence-corrected chi connectivity index (χ4v) is 0.597. The standard InChI is InChI=1S/C8H13F3O3/c1-3-7(12)13-4-6(2)14-5-8(9,10)11/h6H,3-5H2,1-2H3. The molecule has 0 heterocycles. The number of rotatable bonds is 5. The van der Waals surface area contributed by atoms with E-state index >= 15 is 0 Å². The second-order valence-electron chi connectivity index (χ2n) is 2.77. The van der Waals surface area contributed by atoms with Gasteiger partial charge in [-0.1, -0.05) is 6.92 Å². The minimum absolute atomic E-state index is 0.150. The van der Waals surface area contributed by atoms with Gasteiger partial charge in [0.25, 0.3) is 0 Å². The van der Waals surface area contributed by atoms with Crippen LogP contribution in [0.25, 0.3) is 0 Å². The van der Waals surface area contributed by atoms with Crippen LogP contribution in [0.4, 0.5) is 13.2 Å². The highest BCUT2D eigenvalue weighted by Gasteiger charge is 2.28. The zero-order valence-electron chi connectivity index (χ0n) is 8.06. The van der Waals surface area contributed by atoms with E-state index in [1.54, 1.807) is 6.92 Å². The van der Waals surface area contributed by atoms with E-state index in [9.17, 15) is 18.0 Å². The fourth-order valence-electron chi connectivity index (χ4n) is 0.597. The molecular formula is C8H13F3O3. The highest BCUT2D eigenvalue weighted by molar-refractivity contribution is 5.68. The van der Waals surface area contributed by atoms with E-state index in [4.69, 9.17) is 0 Å². The van der Waals surface area contributed by atoms with Crippen molar-refractivity contribution in [3.63, 3.8) is 0 Å². The van der Waals surface area contributed by atoms with Crippen molar-refractivity contribution in [1.29, 1.82) is 0 Å². The molecule has 0 aromatic rings. The molecule has 0 aromatic carbocycles. The van der Waals surface area contributed by atoms with Gasteiger partial charge in [0.1, 0.15) is 13.2 Å². The summed E-state index contributed by atoms with van der Waals surface area (Å²) in [4.78, 5) is 10.6. The Kier molecular flexibility index (Phi) is 5.52. The molecule has 0 aliphatic heterocycles. The largest absolute Gasteiger partial charge is 0.463 e. The van der Waals surface area contributed by atoms with Gasteiger partial charge in [0.15, 0.2) is 0 Å². The molecule has 0 radical (unpaired) electrons. The summed E-state index contributed by atoms with van der Waals surface area (Å²) in [6.07, 6.45) is -4.89. The van der Waals surface area contributed by atoms with Gasteiger partial charge in [-0.2, -0.15) is 13.2 Å². The summed E-state index contributed by atoms with van der Waals surface area (Å²) in [6, 6.07) is 0. The van der Waals surface area contributed by atoms with E-state index in [2.05, 4.69) is 9.47 Å². The number of ether oxygens (including phenoxy) is 2. The molecule has 6 heteroatoms. The molecule has 1 unspecified atom stereocenters. The van der Waals surface area contributed by atoms with Crippen LogP contribution in [0.15, 0.2) is 0 Å². The third kappa shape index (κ3) is 7.85. The number of hydrogen-bond acceptors (Lipinski definition) is 3. The van der Waals surface area contributed by atoms with E-state index in [1.165, 1.54) is 6.92 Å².